The second-order valence-corrected chi connectivity index (χ2v) is 6.75. The van der Waals surface area contributed by atoms with E-state index in [1.54, 1.807) is 0 Å². The zero-order valence-corrected chi connectivity index (χ0v) is 15.6. The van der Waals surface area contributed by atoms with E-state index in [9.17, 15) is 4.79 Å². The van der Waals surface area contributed by atoms with Gasteiger partial charge in [0.05, 0.1) is 0 Å². The molecule has 3 aromatic carbocycles. The van der Waals surface area contributed by atoms with Crippen LogP contribution in [0.25, 0.3) is 11.1 Å². The van der Waals surface area contributed by atoms with Crippen molar-refractivity contribution in [2.45, 2.75) is 19.4 Å². The molecule has 28 heavy (non-hydrogen) atoms. The van der Waals surface area contributed by atoms with Crippen molar-refractivity contribution in [3.8, 4) is 23.0 Å². The summed E-state index contributed by atoms with van der Waals surface area (Å²) < 4.78 is 5.18. The van der Waals surface area contributed by atoms with Crippen molar-refractivity contribution < 1.29 is 9.53 Å². The molecule has 1 aliphatic carbocycles. The Bertz CT molecular complexity index is 1040. The first kappa shape index (κ1) is 17.9. The first-order chi connectivity index (χ1) is 13.8. The van der Waals surface area contributed by atoms with Crippen LogP contribution in [0.1, 0.15) is 28.7 Å². The first-order valence-electron chi connectivity index (χ1n) is 9.44. The Morgan fingerprint density at radius 3 is 2.61 bits per heavy atom. The van der Waals surface area contributed by atoms with E-state index in [1.807, 2.05) is 30.3 Å². The third kappa shape index (κ3) is 4.24. The number of nitrogens with one attached hydrogen (secondary N) is 1. The number of alkyl carbamates (subject to hydrolysis) is 1. The van der Waals surface area contributed by atoms with Crippen molar-refractivity contribution in [2.24, 2.45) is 0 Å². The van der Waals surface area contributed by atoms with Crippen LogP contribution >= 0.6 is 0 Å². The number of amides is 1. The molecule has 0 aliphatic heterocycles. The van der Waals surface area contributed by atoms with Crippen LogP contribution in [0.3, 0.4) is 0 Å². The molecule has 0 saturated heterocycles. The van der Waals surface area contributed by atoms with Crippen molar-refractivity contribution in [1.29, 1.82) is 0 Å². The summed E-state index contributed by atoms with van der Waals surface area (Å²) in [5.74, 6) is 6.31. The van der Waals surface area contributed by atoms with Gasteiger partial charge in [0.2, 0.25) is 0 Å². The van der Waals surface area contributed by atoms with Gasteiger partial charge in [-0.25, -0.2) is 4.79 Å². The van der Waals surface area contributed by atoms with Gasteiger partial charge in [0.1, 0.15) is 6.61 Å². The zero-order chi connectivity index (χ0) is 19.2. The first-order valence-corrected chi connectivity index (χ1v) is 9.44. The summed E-state index contributed by atoms with van der Waals surface area (Å²) in [7, 11) is 0. The summed E-state index contributed by atoms with van der Waals surface area (Å²) in [6, 6.07) is 24.5. The average Bonchev–Trinajstić information content (AvgIpc) is 3.10. The predicted molar refractivity (Wildman–Crippen MR) is 111 cm³/mol. The highest BCUT2D eigenvalue weighted by Gasteiger charge is 2.17. The van der Waals surface area contributed by atoms with Gasteiger partial charge >= 0.3 is 6.09 Å². The molecule has 0 radical (unpaired) electrons. The van der Waals surface area contributed by atoms with Crippen molar-refractivity contribution in [3.05, 3.63) is 95.1 Å². The number of carbonyl (C=O) groups excluding carboxylic acids is 1. The van der Waals surface area contributed by atoms with E-state index in [1.165, 1.54) is 22.3 Å². The molecule has 0 unspecified atom stereocenters. The molecular weight excluding hydrogens is 346 g/mol. The third-order valence-corrected chi connectivity index (χ3v) is 4.76. The minimum absolute atomic E-state index is 0.274. The lowest BCUT2D eigenvalue weighted by Gasteiger charge is -2.05. The van der Waals surface area contributed by atoms with Crippen molar-refractivity contribution >= 4 is 6.09 Å². The average molecular weight is 367 g/mol. The highest BCUT2D eigenvalue weighted by Crippen LogP contribution is 2.36. The van der Waals surface area contributed by atoms with Crippen LogP contribution in [-0.4, -0.2) is 12.6 Å². The maximum absolute atomic E-state index is 11.7. The van der Waals surface area contributed by atoms with Crippen molar-refractivity contribution in [1.82, 2.24) is 5.32 Å². The number of benzene rings is 3. The molecule has 0 aromatic heterocycles. The quantitative estimate of drug-likeness (QED) is 0.410. The summed E-state index contributed by atoms with van der Waals surface area (Å²) >= 11 is 0. The van der Waals surface area contributed by atoms with Gasteiger partial charge in [0.25, 0.3) is 0 Å². The van der Waals surface area contributed by atoms with Gasteiger partial charge in [-0.1, -0.05) is 72.5 Å². The van der Waals surface area contributed by atoms with E-state index < -0.39 is 6.09 Å². The fourth-order valence-electron chi connectivity index (χ4n) is 3.39. The van der Waals surface area contributed by atoms with Crippen LogP contribution in [0.15, 0.2) is 72.8 Å². The number of hydrogen-bond donors (Lipinski definition) is 1. The molecule has 0 saturated carbocycles. The van der Waals surface area contributed by atoms with Gasteiger partial charge < -0.3 is 10.1 Å². The molecule has 1 aliphatic rings. The molecule has 3 heteroatoms. The zero-order valence-electron chi connectivity index (χ0n) is 15.6. The van der Waals surface area contributed by atoms with E-state index in [0.29, 0.717) is 13.0 Å². The van der Waals surface area contributed by atoms with Crippen molar-refractivity contribution in [2.75, 3.05) is 6.54 Å². The summed E-state index contributed by atoms with van der Waals surface area (Å²) in [5.41, 5.74) is 7.32. The van der Waals surface area contributed by atoms with E-state index in [2.05, 4.69) is 59.6 Å². The number of carbonyl (C=O) groups is 1. The normalized spacial score (nSPS) is 11.0. The lowest BCUT2D eigenvalue weighted by atomic mass is 10.0. The van der Waals surface area contributed by atoms with Gasteiger partial charge in [-0.15, -0.1) is 0 Å². The molecule has 3 aromatic rings. The highest BCUT2D eigenvalue weighted by molar-refractivity contribution is 5.77. The van der Waals surface area contributed by atoms with Gasteiger partial charge in [-0.05, 0) is 46.4 Å². The monoisotopic (exact) mass is 367 g/mol. The van der Waals surface area contributed by atoms with Crippen LogP contribution in [0.5, 0.6) is 0 Å². The Morgan fingerprint density at radius 2 is 1.71 bits per heavy atom. The van der Waals surface area contributed by atoms with Crippen LogP contribution in [0.4, 0.5) is 4.79 Å². The van der Waals surface area contributed by atoms with Gasteiger partial charge in [-0.3, -0.25) is 0 Å². The van der Waals surface area contributed by atoms with Crippen LogP contribution in [0.2, 0.25) is 0 Å². The number of ether oxygens (including phenoxy) is 1. The predicted octanol–water partition coefficient (Wildman–Crippen LogP) is 4.93. The molecule has 3 nitrogen and oxygen atoms in total. The largest absolute Gasteiger partial charge is 0.445 e. The number of rotatable bonds is 4. The van der Waals surface area contributed by atoms with E-state index in [-0.39, 0.29) is 6.61 Å². The van der Waals surface area contributed by atoms with E-state index in [0.717, 1.165) is 17.5 Å². The van der Waals surface area contributed by atoms with Crippen LogP contribution in [-0.2, 0) is 17.8 Å². The minimum atomic E-state index is -0.416. The Hall–Kier alpha value is -3.51. The molecule has 0 spiro atoms. The molecule has 0 heterocycles. The highest BCUT2D eigenvalue weighted by atomic mass is 16.5. The summed E-state index contributed by atoms with van der Waals surface area (Å²) in [6.07, 6.45) is 1.13. The van der Waals surface area contributed by atoms with Crippen LogP contribution in [0, 0.1) is 11.8 Å². The molecule has 138 valence electrons. The third-order valence-electron chi connectivity index (χ3n) is 4.76. The molecular formula is C25H21NO2. The Balaban J connectivity index is 1.24. The molecule has 0 fully saturated rings. The molecule has 1 amide bonds. The van der Waals surface area contributed by atoms with E-state index in [4.69, 9.17) is 4.74 Å². The second kappa shape index (κ2) is 8.45. The number of fused-ring (bicyclic) bond motifs is 3. The molecule has 0 atom stereocenters. The minimum Gasteiger partial charge on any atom is -0.445 e. The molecule has 4 rings (SSSR count). The van der Waals surface area contributed by atoms with Crippen molar-refractivity contribution in [3.63, 3.8) is 0 Å². The topological polar surface area (TPSA) is 38.3 Å². The van der Waals surface area contributed by atoms with Gasteiger partial charge in [0, 0.05) is 18.5 Å². The molecule has 0 bridgehead atoms. The summed E-state index contributed by atoms with van der Waals surface area (Å²) in [6.45, 7) is 0.743. The Morgan fingerprint density at radius 1 is 0.929 bits per heavy atom. The summed E-state index contributed by atoms with van der Waals surface area (Å²) in [5, 5.41) is 2.73. The van der Waals surface area contributed by atoms with Gasteiger partial charge in [-0.2, -0.15) is 0 Å². The maximum Gasteiger partial charge on any atom is 0.407 e. The second-order valence-electron chi connectivity index (χ2n) is 6.75. The Kier molecular flexibility index (Phi) is 5.40. The van der Waals surface area contributed by atoms with E-state index >= 15 is 0 Å². The lowest BCUT2D eigenvalue weighted by Crippen LogP contribution is -2.24. The Labute approximate surface area is 165 Å². The van der Waals surface area contributed by atoms with Crippen LogP contribution < -0.4 is 5.32 Å². The fraction of sp³-hybridized carbons (Fsp3) is 0.160. The summed E-state index contributed by atoms with van der Waals surface area (Å²) in [4.78, 5) is 11.7. The standard InChI is InChI=1S/C25H21NO2/c27-25(28-18-20-9-2-1-3-10-20)26-15-7-6-8-19-13-14-24-22(16-19)17-21-11-4-5-12-23(21)24/h1-5,9-14,16H,7,15,17-18H2,(H,26,27). The fourth-order valence-corrected chi connectivity index (χ4v) is 3.39. The smallest absolute Gasteiger partial charge is 0.407 e. The molecule has 1 N–H and O–H groups in total. The van der Waals surface area contributed by atoms with Gasteiger partial charge in [0.15, 0.2) is 0 Å². The maximum atomic E-state index is 11.7. The SMILES string of the molecule is O=C(NCCC#Cc1ccc2c(c1)Cc1ccccc1-2)OCc1ccccc1. The lowest BCUT2D eigenvalue weighted by molar-refractivity contribution is 0.140. The number of hydrogen-bond acceptors (Lipinski definition) is 2.